The monoisotopic (exact) mass is 212 g/mol. The number of rotatable bonds is 4. The van der Waals surface area contributed by atoms with E-state index in [1.54, 1.807) is 7.05 Å². The number of H-pyrrole nitrogens is 1. The number of likely N-dealkylation sites (N-methyl/N-ethyl adjacent to an activating group) is 1. The molecular weight excluding hydrogens is 200 g/mol. The molecule has 0 atom stereocenters. The number of carbonyl (C=O) groups excluding carboxylic acids is 1. The number of aromatic nitrogens is 1. The van der Waals surface area contributed by atoms with Crippen LogP contribution in [0, 0.1) is 10.1 Å². The maximum atomic E-state index is 11.6. The highest BCUT2D eigenvalue weighted by molar-refractivity contribution is 5.92. The zero-order chi connectivity index (χ0) is 11.4. The van der Waals surface area contributed by atoms with Gasteiger partial charge < -0.3 is 20.7 Å². The third-order valence-corrected chi connectivity index (χ3v) is 1.91. The summed E-state index contributed by atoms with van der Waals surface area (Å²) in [6.07, 6.45) is 0. The highest BCUT2D eigenvalue weighted by Gasteiger charge is 2.18. The van der Waals surface area contributed by atoms with Gasteiger partial charge in [0, 0.05) is 26.2 Å². The first-order valence-corrected chi connectivity index (χ1v) is 4.35. The highest BCUT2D eigenvalue weighted by atomic mass is 16.6. The summed E-state index contributed by atoms with van der Waals surface area (Å²) in [6, 6.07) is 2.64. The molecule has 3 N–H and O–H groups in total. The molecule has 15 heavy (non-hydrogen) atoms. The normalized spacial score (nSPS) is 10.0. The second kappa shape index (κ2) is 4.56. The fourth-order valence-electron chi connectivity index (χ4n) is 1.12. The molecule has 0 saturated heterocycles. The molecule has 7 nitrogen and oxygen atoms in total. The van der Waals surface area contributed by atoms with E-state index in [4.69, 9.17) is 5.73 Å². The van der Waals surface area contributed by atoms with Crippen molar-refractivity contribution in [2.75, 3.05) is 20.1 Å². The van der Waals surface area contributed by atoms with Crippen LogP contribution in [0.3, 0.4) is 0 Å². The van der Waals surface area contributed by atoms with Gasteiger partial charge >= 0.3 is 5.82 Å². The Bertz CT molecular complexity index is 374. The van der Waals surface area contributed by atoms with E-state index in [1.807, 2.05) is 0 Å². The average Bonchev–Trinajstić information content (AvgIpc) is 2.65. The molecule has 82 valence electrons. The van der Waals surface area contributed by atoms with E-state index in [0.29, 0.717) is 13.1 Å². The van der Waals surface area contributed by atoms with Gasteiger partial charge in [-0.25, -0.2) is 4.98 Å². The Morgan fingerprint density at radius 3 is 2.80 bits per heavy atom. The number of amides is 1. The Labute approximate surface area is 86.0 Å². The number of nitrogens with zero attached hydrogens (tertiary/aromatic N) is 2. The lowest BCUT2D eigenvalue weighted by atomic mass is 10.4. The zero-order valence-corrected chi connectivity index (χ0v) is 8.27. The summed E-state index contributed by atoms with van der Waals surface area (Å²) >= 11 is 0. The smallest absolute Gasteiger partial charge is 0.321 e. The molecule has 1 aromatic rings. The lowest BCUT2D eigenvalue weighted by Crippen LogP contribution is -2.31. The fourth-order valence-corrected chi connectivity index (χ4v) is 1.12. The first-order valence-electron chi connectivity index (χ1n) is 4.35. The van der Waals surface area contributed by atoms with E-state index in [9.17, 15) is 14.9 Å². The van der Waals surface area contributed by atoms with Gasteiger partial charge in [0.1, 0.15) is 0 Å². The zero-order valence-electron chi connectivity index (χ0n) is 8.27. The van der Waals surface area contributed by atoms with Crippen LogP contribution in [-0.4, -0.2) is 40.9 Å². The molecule has 7 heteroatoms. The molecule has 0 fully saturated rings. The van der Waals surface area contributed by atoms with Crippen LogP contribution in [0.4, 0.5) is 5.82 Å². The Morgan fingerprint density at radius 1 is 1.67 bits per heavy atom. The van der Waals surface area contributed by atoms with Crippen molar-refractivity contribution in [2.24, 2.45) is 5.73 Å². The number of nitrogens with one attached hydrogen (secondary N) is 1. The van der Waals surface area contributed by atoms with Crippen molar-refractivity contribution >= 4 is 11.7 Å². The minimum Gasteiger partial charge on any atom is -0.358 e. The Hall–Kier alpha value is -1.89. The van der Waals surface area contributed by atoms with Crippen LogP contribution in [0.1, 0.15) is 10.5 Å². The van der Waals surface area contributed by atoms with Gasteiger partial charge in [-0.2, -0.15) is 0 Å². The van der Waals surface area contributed by atoms with Crippen molar-refractivity contribution in [2.45, 2.75) is 0 Å². The van der Waals surface area contributed by atoms with Crippen LogP contribution in [-0.2, 0) is 0 Å². The van der Waals surface area contributed by atoms with E-state index < -0.39 is 4.92 Å². The van der Waals surface area contributed by atoms with Gasteiger partial charge in [0.15, 0.2) is 5.69 Å². The first-order chi connectivity index (χ1) is 7.06. The van der Waals surface area contributed by atoms with Gasteiger partial charge in [-0.1, -0.05) is 0 Å². The average molecular weight is 212 g/mol. The standard InChI is InChI=1S/C8H12N4O3/c1-11(5-4-9)8(13)6-2-3-7(10-6)12(14)15/h2-3,10H,4-5,9H2,1H3. The SMILES string of the molecule is CN(CCN)C(=O)c1ccc([N+](=O)[O-])[nH]1. The van der Waals surface area contributed by atoms with Crippen LogP contribution in [0.25, 0.3) is 0 Å². The van der Waals surface area contributed by atoms with E-state index in [0.717, 1.165) is 0 Å². The van der Waals surface area contributed by atoms with E-state index in [1.165, 1.54) is 17.0 Å². The van der Waals surface area contributed by atoms with E-state index in [-0.39, 0.29) is 17.4 Å². The number of hydrogen-bond donors (Lipinski definition) is 2. The Morgan fingerprint density at radius 2 is 2.33 bits per heavy atom. The summed E-state index contributed by atoms with van der Waals surface area (Å²) in [7, 11) is 1.59. The summed E-state index contributed by atoms with van der Waals surface area (Å²) in [5.41, 5.74) is 5.48. The van der Waals surface area contributed by atoms with Gasteiger partial charge in [-0.15, -0.1) is 0 Å². The lowest BCUT2D eigenvalue weighted by molar-refractivity contribution is -0.389. The predicted molar refractivity (Wildman–Crippen MR) is 53.5 cm³/mol. The van der Waals surface area contributed by atoms with Gasteiger partial charge in [0.25, 0.3) is 5.91 Å². The predicted octanol–water partition coefficient (Wildman–Crippen LogP) is -0.0464. The molecule has 1 rings (SSSR count). The minimum atomic E-state index is -0.584. The fraction of sp³-hybridized carbons (Fsp3) is 0.375. The van der Waals surface area contributed by atoms with Gasteiger partial charge in [-0.3, -0.25) is 4.79 Å². The van der Waals surface area contributed by atoms with Crippen LogP contribution >= 0.6 is 0 Å². The molecule has 1 aromatic heterocycles. The maximum absolute atomic E-state index is 11.6. The number of nitrogens with two attached hydrogens (primary N) is 1. The third kappa shape index (κ3) is 2.53. The molecule has 0 spiro atoms. The van der Waals surface area contributed by atoms with Crippen LogP contribution in [0.5, 0.6) is 0 Å². The number of aromatic amines is 1. The second-order valence-electron chi connectivity index (χ2n) is 3.03. The third-order valence-electron chi connectivity index (χ3n) is 1.91. The molecule has 0 bridgehead atoms. The molecular formula is C8H12N4O3. The first kappa shape index (κ1) is 11.2. The Kier molecular flexibility index (Phi) is 3.40. The number of nitro groups is 1. The largest absolute Gasteiger partial charge is 0.358 e. The topological polar surface area (TPSA) is 105 Å². The lowest BCUT2D eigenvalue weighted by Gasteiger charge is -2.12. The summed E-state index contributed by atoms with van der Waals surface area (Å²) in [5.74, 6) is -0.506. The van der Waals surface area contributed by atoms with Crippen molar-refractivity contribution in [1.82, 2.24) is 9.88 Å². The molecule has 0 aliphatic rings. The van der Waals surface area contributed by atoms with Crippen LogP contribution < -0.4 is 5.73 Å². The molecule has 0 saturated carbocycles. The van der Waals surface area contributed by atoms with Crippen molar-refractivity contribution in [3.05, 3.63) is 27.9 Å². The molecule has 1 heterocycles. The number of hydrogen-bond acceptors (Lipinski definition) is 4. The van der Waals surface area contributed by atoms with Gasteiger partial charge in [0.2, 0.25) is 0 Å². The maximum Gasteiger partial charge on any atom is 0.321 e. The molecule has 0 radical (unpaired) electrons. The molecule has 0 aliphatic heterocycles. The van der Waals surface area contributed by atoms with Gasteiger partial charge in [-0.05, 0) is 11.0 Å². The van der Waals surface area contributed by atoms with Crippen LogP contribution in [0.15, 0.2) is 12.1 Å². The summed E-state index contributed by atoms with van der Waals surface area (Å²) in [6.45, 7) is 0.761. The summed E-state index contributed by atoms with van der Waals surface area (Å²) in [4.78, 5) is 25.2. The van der Waals surface area contributed by atoms with Crippen molar-refractivity contribution < 1.29 is 9.72 Å². The van der Waals surface area contributed by atoms with Crippen molar-refractivity contribution in [1.29, 1.82) is 0 Å². The Balaban J connectivity index is 2.78. The van der Waals surface area contributed by atoms with E-state index >= 15 is 0 Å². The second-order valence-corrected chi connectivity index (χ2v) is 3.03. The van der Waals surface area contributed by atoms with Crippen LogP contribution in [0.2, 0.25) is 0 Å². The number of carbonyl (C=O) groups is 1. The summed E-state index contributed by atoms with van der Waals surface area (Å²) < 4.78 is 0. The molecule has 0 aromatic carbocycles. The molecule has 0 aliphatic carbocycles. The van der Waals surface area contributed by atoms with Gasteiger partial charge in [0.05, 0.1) is 0 Å². The minimum absolute atomic E-state index is 0.192. The van der Waals surface area contributed by atoms with E-state index in [2.05, 4.69) is 4.98 Å². The van der Waals surface area contributed by atoms with Crippen molar-refractivity contribution in [3.63, 3.8) is 0 Å². The summed E-state index contributed by atoms with van der Waals surface area (Å²) in [5, 5.41) is 10.4. The molecule has 0 unspecified atom stereocenters. The molecule has 1 amide bonds. The highest BCUT2D eigenvalue weighted by Crippen LogP contribution is 2.11. The van der Waals surface area contributed by atoms with Crippen molar-refractivity contribution in [3.8, 4) is 0 Å². The quantitative estimate of drug-likeness (QED) is 0.539.